The van der Waals surface area contributed by atoms with Gasteiger partial charge in [0.15, 0.2) is 0 Å². The van der Waals surface area contributed by atoms with Crippen LogP contribution in [0, 0.1) is 6.92 Å². The molecule has 3 N–H and O–H groups in total. The molecular formula is C21H30N4O2. The number of hydrogen-bond acceptors (Lipinski definition) is 3. The maximum atomic E-state index is 12.6. The number of benzene rings is 1. The lowest BCUT2D eigenvalue weighted by Crippen LogP contribution is -2.58. The normalized spacial score (nSPS) is 19.3. The Balaban J connectivity index is 1.61. The lowest BCUT2D eigenvalue weighted by molar-refractivity contribution is -0.135. The zero-order valence-electron chi connectivity index (χ0n) is 16.6. The van der Waals surface area contributed by atoms with Crippen molar-refractivity contribution in [3.8, 4) is 0 Å². The van der Waals surface area contributed by atoms with Crippen LogP contribution in [0.3, 0.4) is 0 Å². The van der Waals surface area contributed by atoms with Crippen LogP contribution in [0.4, 0.5) is 0 Å². The summed E-state index contributed by atoms with van der Waals surface area (Å²) in [7, 11) is 0. The Morgan fingerprint density at radius 2 is 2.11 bits per heavy atom. The van der Waals surface area contributed by atoms with E-state index in [0.29, 0.717) is 6.54 Å². The Labute approximate surface area is 160 Å². The number of hydrogen-bond donors (Lipinski definition) is 3. The predicted octanol–water partition coefficient (Wildman–Crippen LogP) is 2.12. The molecule has 2 aromatic rings. The van der Waals surface area contributed by atoms with Crippen LogP contribution >= 0.6 is 0 Å². The first kappa shape index (κ1) is 19.4. The lowest BCUT2D eigenvalue weighted by Gasteiger charge is -2.37. The molecule has 1 aliphatic rings. The smallest absolute Gasteiger partial charge is 0.237 e. The molecule has 0 saturated carbocycles. The Kier molecular flexibility index (Phi) is 5.85. The van der Waals surface area contributed by atoms with Crippen molar-refractivity contribution < 1.29 is 9.59 Å². The van der Waals surface area contributed by atoms with E-state index in [2.05, 4.69) is 59.5 Å². The van der Waals surface area contributed by atoms with Gasteiger partial charge in [-0.25, -0.2) is 0 Å². The van der Waals surface area contributed by atoms with Gasteiger partial charge >= 0.3 is 0 Å². The summed E-state index contributed by atoms with van der Waals surface area (Å²) < 4.78 is 0. The molecule has 146 valence electrons. The summed E-state index contributed by atoms with van der Waals surface area (Å²) in [5, 5.41) is 7.14. The van der Waals surface area contributed by atoms with Gasteiger partial charge in [0.25, 0.3) is 0 Å². The van der Waals surface area contributed by atoms with E-state index < -0.39 is 0 Å². The van der Waals surface area contributed by atoms with Crippen molar-refractivity contribution in [3.05, 3.63) is 35.5 Å². The van der Waals surface area contributed by atoms with Gasteiger partial charge < -0.3 is 15.6 Å². The summed E-state index contributed by atoms with van der Waals surface area (Å²) in [5.41, 5.74) is 3.56. The van der Waals surface area contributed by atoms with Gasteiger partial charge in [-0.1, -0.05) is 18.2 Å². The van der Waals surface area contributed by atoms with Crippen molar-refractivity contribution in [2.75, 3.05) is 13.1 Å². The number of para-hydroxylation sites is 1. The highest BCUT2D eigenvalue weighted by Gasteiger charge is 2.33. The number of nitrogens with zero attached hydrogens (tertiary/aromatic N) is 1. The molecule has 1 fully saturated rings. The van der Waals surface area contributed by atoms with Crippen molar-refractivity contribution in [3.63, 3.8) is 0 Å². The van der Waals surface area contributed by atoms with Gasteiger partial charge in [-0.2, -0.15) is 0 Å². The molecule has 0 aliphatic carbocycles. The third-order valence-corrected chi connectivity index (χ3v) is 5.36. The van der Waals surface area contributed by atoms with E-state index >= 15 is 0 Å². The molecule has 0 radical (unpaired) electrons. The molecule has 1 aromatic heterocycles. The van der Waals surface area contributed by atoms with Gasteiger partial charge in [0.2, 0.25) is 11.8 Å². The number of amides is 2. The van der Waals surface area contributed by atoms with Crippen LogP contribution < -0.4 is 10.6 Å². The van der Waals surface area contributed by atoms with Gasteiger partial charge in [-0.15, -0.1) is 0 Å². The van der Waals surface area contributed by atoms with Gasteiger partial charge in [0.1, 0.15) is 0 Å². The lowest BCUT2D eigenvalue weighted by atomic mass is 10.0. The fourth-order valence-electron chi connectivity index (χ4n) is 3.98. The average Bonchev–Trinajstić information content (AvgIpc) is 3.00. The highest BCUT2D eigenvalue weighted by Crippen LogP contribution is 2.22. The molecule has 6 nitrogen and oxygen atoms in total. The van der Waals surface area contributed by atoms with Crippen molar-refractivity contribution in [1.82, 2.24) is 20.5 Å². The Bertz CT molecular complexity index is 827. The number of carbonyl (C=O) groups is 2. The topological polar surface area (TPSA) is 77.2 Å². The minimum absolute atomic E-state index is 0.00355. The summed E-state index contributed by atoms with van der Waals surface area (Å²) >= 11 is 0. The first-order valence-corrected chi connectivity index (χ1v) is 9.75. The zero-order chi connectivity index (χ0) is 19.6. The van der Waals surface area contributed by atoms with E-state index in [-0.39, 0.29) is 36.4 Å². The van der Waals surface area contributed by atoms with Gasteiger partial charge in [0, 0.05) is 42.3 Å². The fourth-order valence-corrected chi connectivity index (χ4v) is 3.98. The quantitative estimate of drug-likeness (QED) is 0.729. The van der Waals surface area contributed by atoms with Crippen molar-refractivity contribution in [1.29, 1.82) is 0 Å². The second-order valence-electron chi connectivity index (χ2n) is 7.83. The second kappa shape index (κ2) is 8.13. The number of carbonyl (C=O) groups excluding carboxylic acids is 2. The maximum Gasteiger partial charge on any atom is 0.237 e. The van der Waals surface area contributed by atoms with Gasteiger partial charge in [-0.3, -0.25) is 14.5 Å². The molecular weight excluding hydrogens is 340 g/mol. The van der Waals surface area contributed by atoms with E-state index in [1.807, 2.05) is 13.1 Å². The van der Waals surface area contributed by atoms with Crippen LogP contribution in [0.5, 0.6) is 0 Å². The maximum absolute atomic E-state index is 12.6. The molecule has 1 saturated heterocycles. The van der Waals surface area contributed by atoms with Crippen molar-refractivity contribution in [2.24, 2.45) is 0 Å². The Morgan fingerprint density at radius 3 is 2.85 bits per heavy atom. The molecule has 1 aromatic carbocycles. The van der Waals surface area contributed by atoms with Crippen LogP contribution in [-0.2, 0) is 16.0 Å². The SMILES string of the molecule is Cc1cccc2c(C[C@H](C)NC(=O)C[C@@H]3C(=O)NCCN3C(C)C)c[nH]c12. The Morgan fingerprint density at radius 1 is 1.33 bits per heavy atom. The minimum Gasteiger partial charge on any atom is -0.361 e. The van der Waals surface area contributed by atoms with Crippen LogP contribution in [0.2, 0.25) is 0 Å². The van der Waals surface area contributed by atoms with E-state index in [1.165, 1.54) is 16.5 Å². The fraction of sp³-hybridized carbons (Fsp3) is 0.524. The van der Waals surface area contributed by atoms with Gasteiger partial charge in [-0.05, 0) is 45.2 Å². The molecule has 2 amide bonds. The number of rotatable bonds is 6. The minimum atomic E-state index is -0.387. The van der Waals surface area contributed by atoms with Crippen LogP contribution in [0.15, 0.2) is 24.4 Å². The number of H-pyrrole nitrogens is 1. The molecule has 6 heteroatoms. The number of aromatic amines is 1. The van der Waals surface area contributed by atoms with E-state index in [9.17, 15) is 9.59 Å². The second-order valence-corrected chi connectivity index (χ2v) is 7.83. The van der Waals surface area contributed by atoms with Gasteiger partial charge in [0.05, 0.1) is 12.5 Å². The molecule has 0 spiro atoms. The highest BCUT2D eigenvalue weighted by atomic mass is 16.2. The number of piperazine rings is 1. The first-order valence-electron chi connectivity index (χ1n) is 9.75. The third-order valence-electron chi connectivity index (χ3n) is 5.36. The van der Waals surface area contributed by atoms with Crippen molar-refractivity contribution in [2.45, 2.75) is 58.7 Å². The first-order chi connectivity index (χ1) is 12.9. The number of aromatic nitrogens is 1. The number of fused-ring (bicyclic) bond motifs is 1. The number of nitrogens with one attached hydrogen (secondary N) is 3. The third kappa shape index (κ3) is 4.33. The Hall–Kier alpha value is -2.34. The highest BCUT2D eigenvalue weighted by molar-refractivity contribution is 5.89. The summed E-state index contributed by atoms with van der Waals surface area (Å²) in [6.07, 6.45) is 2.97. The van der Waals surface area contributed by atoms with Crippen LogP contribution in [-0.4, -0.2) is 52.9 Å². The molecule has 0 unspecified atom stereocenters. The summed E-state index contributed by atoms with van der Waals surface area (Å²) in [6.45, 7) is 9.64. The molecule has 2 heterocycles. The molecule has 1 aliphatic heterocycles. The largest absolute Gasteiger partial charge is 0.361 e. The van der Waals surface area contributed by atoms with Crippen LogP contribution in [0.25, 0.3) is 10.9 Å². The zero-order valence-corrected chi connectivity index (χ0v) is 16.6. The predicted molar refractivity (Wildman–Crippen MR) is 108 cm³/mol. The van der Waals surface area contributed by atoms with E-state index in [4.69, 9.17) is 0 Å². The standard InChI is InChI=1S/C21H30N4O2/c1-13(2)25-9-8-22-21(27)18(25)11-19(26)24-15(4)10-16-12-23-20-14(3)6-5-7-17(16)20/h5-7,12-13,15,18,23H,8-11H2,1-4H3,(H,22,27)(H,24,26)/t15-,18+/m0/s1. The summed E-state index contributed by atoms with van der Waals surface area (Å²) in [4.78, 5) is 30.2. The molecule has 0 bridgehead atoms. The average molecular weight is 370 g/mol. The monoisotopic (exact) mass is 370 g/mol. The van der Waals surface area contributed by atoms with E-state index in [1.54, 1.807) is 0 Å². The summed E-state index contributed by atoms with van der Waals surface area (Å²) in [6, 6.07) is 6.10. The number of aryl methyl sites for hydroxylation is 1. The van der Waals surface area contributed by atoms with E-state index in [0.717, 1.165) is 18.5 Å². The molecule has 2 atom stereocenters. The summed E-state index contributed by atoms with van der Waals surface area (Å²) in [5.74, 6) is -0.129. The van der Waals surface area contributed by atoms with Crippen molar-refractivity contribution >= 4 is 22.7 Å². The molecule has 27 heavy (non-hydrogen) atoms. The van der Waals surface area contributed by atoms with Crippen LogP contribution in [0.1, 0.15) is 38.3 Å². The molecule has 3 rings (SSSR count).